The molecule has 0 unspecified atom stereocenters. The molecule has 6 nitrogen and oxygen atoms in total. The molecule has 128 valence electrons. The quantitative estimate of drug-likeness (QED) is 0.613. The molecule has 0 aliphatic rings. The fourth-order valence-corrected chi connectivity index (χ4v) is 2.66. The Morgan fingerprint density at radius 3 is 2.69 bits per heavy atom. The van der Waals surface area contributed by atoms with E-state index in [1.165, 1.54) is 0 Å². The molecule has 0 fully saturated rings. The van der Waals surface area contributed by atoms with Crippen molar-refractivity contribution < 1.29 is 9.53 Å². The van der Waals surface area contributed by atoms with Gasteiger partial charge in [-0.3, -0.25) is 4.79 Å². The Morgan fingerprint density at radius 2 is 1.88 bits per heavy atom. The number of ether oxygens (including phenoxy) is 1. The van der Waals surface area contributed by atoms with Crippen molar-refractivity contribution in [3.8, 4) is 17.0 Å². The summed E-state index contributed by atoms with van der Waals surface area (Å²) in [6.45, 7) is 0. The normalized spacial score (nSPS) is 10.7. The molecule has 4 rings (SSSR count). The molecule has 2 aromatic heterocycles. The molecule has 2 aromatic carbocycles. The van der Waals surface area contributed by atoms with Crippen LogP contribution in [0.15, 0.2) is 72.9 Å². The average molecular weight is 344 g/mol. The molecule has 0 aliphatic carbocycles. The van der Waals surface area contributed by atoms with Gasteiger partial charge in [0.15, 0.2) is 11.5 Å². The summed E-state index contributed by atoms with van der Waals surface area (Å²) in [6, 6.07) is 20.5. The van der Waals surface area contributed by atoms with Crippen molar-refractivity contribution in [2.24, 2.45) is 0 Å². The standard InChI is InChI=1S/C20H16N4O2/c1-26-16-9-5-8-15(12-16)17-10-11-19-21-18(13-24(19)23-17)22-20(25)14-6-3-2-4-7-14/h2-13H,1H3,(H,22,25). The topological polar surface area (TPSA) is 68.5 Å². The molecular weight excluding hydrogens is 328 g/mol. The maximum atomic E-state index is 12.3. The van der Waals surface area contributed by atoms with E-state index < -0.39 is 0 Å². The summed E-state index contributed by atoms with van der Waals surface area (Å²) in [5.41, 5.74) is 2.96. The predicted octanol–water partition coefficient (Wildman–Crippen LogP) is 3.66. The fourth-order valence-electron chi connectivity index (χ4n) is 2.66. The molecule has 6 heteroatoms. The van der Waals surface area contributed by atoms with Crippen LogP contribution < -0.4 is 10.1 Å². The van der Waals surface area contributed by atoms with Crippen molar-refractivity contribution in [2.75, 3.05) is 12.4 Å². The second kappa shape index (κ2) is 6.68. The molecule has 1 N–H and O–H groups in total. The summed E-state index contributed by atoms with van der Waals surface area (Å²) in [5.74, 6) is 1.02. The van der Waals surface area contributed by atoms with Gasteiger partial charge in [0.2, 0.25) is 0 Å². The Kier molecular flexibility index (Phi) is 4.07. The van der Waals surface area contributed by atoms with Crippen LogP contribution in [0, 0.1) is 0 Å². The first-order valence-corrected chi connectivity index (χ1v) is 8.10. The Morgan fingerprint density at radius 1 is 1.04 bits per heavy atom. The number of hydrogen-bond donors (Lipinski definition) is 1. The Bertz CT molecular complexity index is 1070. The number of carbonyl (C=O) groups is 1. The molecule has 2 heterocycles. The van der Waals surface area contributed by atoms with Gasteiger partial charge in [-0.15, -0.1) is 0 Å². The Hall–Kier alpha value is -3.67. The lowest BCUT2D eigenvalue weighted by Crippen LogP contribution is -2.11. The largest absolute Gasteiger partial charge is 0.497 e. The summed E-state index contributed by atoms with van der Waals surface area (Å²) >= 11 is 0. The molecule has 26 heavy (non-hydrogen) atoms. The number of hydrogen-bond acceptors (Lipinski definition) is 4. The maximum absolute atomic E-state index is 12.3. The molecule has 0 radical (unpaired) electrons. The minimum absolute atomic E-state index is 0.206. The van der Waals surface area contributed by atoms with E-state index in [1.54, 1.807) is 30.0 Å². The van der Waals surface area contributed by atoms with E-state index in [1.807, 2.05) is 54.6 Å². The SMILES string of the molecule is COc1cccc(-c2ccc3nc(NC(=O)c4ccccc4)cn3n2)c1. The van der Waals surface area contributed by atoms with Crippen molar-refractivity contribution in [1.82, 2.24) is 14.6 Å². The number of nitrogens with one attached hydrogen (secondary N) is 1. The highest BCUT2D eigenvalue weighted by atomic mass is 16.5. The van der Waals surface area contributed by atoms with Crippen LogP contribution in [0.25, 0.3) is 16.9 Å². The van der Waals surface area contributed by atoms with Gasteiger partial charge in [0, 0.05) is 11.1 Å². The van der Waals surface area contributed by atoms with Gasteiger partial charge in [0.1, 0.15) is 5.75 Å². The summed E-state index contributed by atoms with van der Waals surface area (Å²) in [6.07, 6.45) is 1.69. The number of benzene rings is 2. The van der Waals surface area contributed by atoms with Crippen molar-refractivity contribution >= 4 is 17.4 Å². The predicted molar refractivity (Wildman–Crippen MR) is 99.4 cm³/mol. The van der Waals surface area contributed by atoms with Gasteiger partial charge >= 0.3 is 0 Å². The zero-order valence-corrected chi connectivity index (χ0v) is 14.1. The molecule has 1 amide bonds. The lowest BCUT2D eigenvalue weighted by atomic mass is 10.1. The molecule has 4 aromatic rings. The zero-order valence-electron chi connectivity index (χ0n) is 14.1. The smallest absolute Gasteiger partial charge is 0.256 e. The zero-order chi connectivity index (χ0) is 17.9. The van der Waals surface area contributed by atoms with Gasteiger partial charge in [-0.2, -0.15) is 5.10 Å². The highest BCUT2D eigenvalue weighted by molar-refractivity contribution is 6.03. The van der Waals surface area contributed by atoms with Crippen LogP contribution in [-0.2, 0) is 0 Å². The summed E-state index contributed by atoms with van der Waals surface area (Å²) < 4.78 is 6.91. The van der Waals surface area contributed by atoms with Crippen molar-refractivity contribution in [3.05, 3.63) is 78.5 Å². The number of aromatic nitrogens is 3. The third-order valence-corrected chi connectivity index (χ3v) is 3.96. The van der Waals surface area contributed by atoms with Gasteiger partial charge in [-0.1, -0.05) is 30.3 Å². The van der Waals surface area contributed by atoms with E-state index in [9.17, 15) is 4.79 Å². The molecule has 0 aliphatic heterocycles. The summed E-state index contributed by atoms with van der Waals surface area (Å²) in [7, 11) is 1.63. The number of methoxy groups -OCH3 is 1. The number of carbonyl (C=O) groups excluding carboxylic acids is 1. The van der Waals surface area contributed by atoms with Gasteiger partial charge in [-0.25, -0.2) is 9.50 Å². The molecule has 0 saturated heterocycles. The maximum Gasteiger partial charge on any atom is 0.256 e. The Labute approximate surface area is 150 Å². The third kappa shape index (κ3) is 3.12. The lowest BCUT2D eigenvalue weighted by molar-refractivity contribution is 0.102. The third-order valence-electron chi connectivity index (χ3n) is 3.96. The van der Waals surface area contributed by atoms with E-state index >= 15 is 0 Å². The van der Waals surface area contributed by atoms with E-state index in [0.717, 1.165) is 17.0 Å². The first-order valence-electron chi connectivity index (χ1n) is 8.10. The average Bonchev–Trinajstić information content (AvgIpc) is 3.10. The van der Waals surface area contributed by atoms with Crippen molar-refractivity contribution in [1.29, 1.82) is 0 Å². The van der Waals surface area contributed by atoms with Crippen LogP contribution in [0.1, 0.15) is 10.4 Å². The van der Waals surface area contributed by atoms with Gasteiger partial charge in [0.25, 0.3) is 5.91 Å². The van der Waals surface area contributed by atoms with Crippen LogP contribution in [0.3, 0.4) is 0 Å². The molecular formula is C20H16N4O2. The monoisotopic (exact) mass is 344 g/mol. The number of rotatable bonds is 4. The van der Waals surface area contributed by atoms with Crippen LogP contribution in [0.4, 0.5) is 5.82 Å². The van der Waals surface area contributed by atoms with E-state index in [0.29, 0.717) is 17.0 Å². The number of imidazole rings is 1. The lowest BCUT2D eigenvalue weighted by Gasteiger charge is -2.04. The number of amides is 1. The second-order valence-electron chi connectivity index (χ2n) is 5.70. The van der Waals surface area contributed by atoms with Gasteiger partial charge in [-0.05, 0) is 36.4 Å². The number of fused-ring (bicyclic) bond motifs is 1. The molecule has 0 spiro atoms. The number of nitrogens with zero attached hydrogens (tertiary/aromatic N) is 3. The van der Waals surface area contributed by atoms with E-state index in [2.05, 4.69) is 15.4 Å². The first kappa shape index (κ1) is 15.8. The fraction of sp³-hybridized carbons (Fsp3) is 0.0500. The molecule has 0 atom stereocenters. The van der Waals surface area contributed by atoms with E-state index in [4.69, 9.17) is 4.74 Å². The minimum atomic E-state index is -0.206. The minimum Gasteiger partial charge on any atom is -0.497 e. The van der Waals surface area contributed by atoms with E-state index in [-0.39, 0.29) is 5.91 Å². The van der Waals surface area contributed by atoms with Crippen molar-refractivity contribution in [3.63, 3.8) is 0 Å². The first-order chi connectivity index (χ1) is 12.7. The highest BCUT2D eigenvalue weighted by Crippen LogP contribution is 2.22. The summed E-state index contributed by atoms with van der Waals surface area (Å²) in [4.78, 5) is 16.6. The van der Waals surface area contributed by atoms with Crippen LogP contribution >= 0.6 is 0 Å². The van der Waals surface area contributed by atoms with Gasteiger partial charge < -0.3 is 10.1 Å². The van der Waals surface area contributed by atoms with Crippen LogP contribution in [0.2, 0.25) is 0 Å². The molecule has 0 bridgehead atoms. The van der Waals surface area contributed by atoms with Crippen LogP contribution in [-0.4, -0.2) is 27.6 Å². The van der Waals surface area contributed by atoms with Gasteiger partial charge in [0.05, 0.1) is 19.0 Å². The molecule has 0 saturated carbocycles. The second-order valence-corrected chi connectivity index (χ2v) is 5.70. The summed E-state index contributed by atoms with van der Waals surface area (Å²) in [5, 5.41) is 7.36. The number of anilines is 1. The Balaban J connectivity index is 1.62. The van der Waals surface area contributed by atoms with Crippen LogP contribution in [0.5, 0.6) is 5.75 Å². The highest BCUT2D eigenvalue weighted by Gasteiger charge is 2.10. The van der Waals surface area contributed by atoms with Crippen molar-refractivity contribution in [2.45, 2.75) is 0 Å².